The summed E-state index contributed by atoms with van der Waals surface area (Å²) in [6.45, 7) is 1.98. The highest BCUT2D eigenvalue weighted by Crippen LogP contribution is 2.32. The Bertz CT molecular complexity index is 1110. The molecule has 1 fully saturated rings. The highest BCUT2D eigenvalue weighted by atomic mass is 32.2. The molecule has 0 saturated heterocycles. The third-order valence-corrected chi connectivity index (χ3v) is 6.95. The molecule has 6 nitrogen and oxygen atoms in total. The van der Waals surface area contributed by atoms with E-state index in [0.717, 1.165) is 29.8 Å². The van der Waals surface area contributed by atoms with Crippen LogP contribution >= 0.6 is 0 Å². The van der Waals surface area contributed by atoms with Crippen molar-refractivity contribution < 1.29 is 13.2 Å². The topological polar surface area (TPSA) is 81.1 Å². The van der Waals surface area contributed by atoms with E-state index in [1.165, 1.54) is 0 Å². The van der Waals surface area contributed by atoms with Gasteiger partial charge in [0.1, 0.15) is 0 Å². The summed E-state index contributed by atoms with van der Waals surface area (Å²) in [5.41, 5.74) is 3.49. The second-order valence-corrected chi connectivity index (χ2v) is 9.58. The van der Waals surface area contributed by atoms with E-state index in [9.17, 15) is 13.2 Å². The second-order valence-electron chi connectivity index (χ2n) is 7.55. The lowest BCUT2D eigenvalue weighted by Gasteiger charge is -2.09. The summed E-state index contributed by atoms with van der Waals surface area (Å²) in [5, 5.41) is 2.87. The van der Waals surface area contributed by atoms with Crippen LogP contribution in [0.4, 0.5) is 5.69 Å². The molecule has 1 heterocycles. The van der Waals surface area contributed by atoms with Crippen molar-refractivity contribution in [2.75, 3.05) is 11.1 Å². The first-order chi connectivity index (χ1) is 13.9. The SMILES string of the molecule is Cc1cncn1-c1ccc(NC(=O)Cc2ccc(S(=O)(=O)CC3CC3)cc2)cc1. The van der Waals surface area contributed by atoms with Crippen LogP contribution < -0.4 is 5.32 Å². The minimum Gasteiger partial charge on any atom is -0.326 e. The Morgan fingerprint density at radius 3 is 2.38 bits per heavy atom. The average Bonchev–Trinajstić information content (AvgIpc) is 3.39. The van der Waals surface area contributed by atoms with E-state index in [-0.39, 0.29) is 18.1 Å². The predicted octanol–water partition coefficient (Wildman–Crippen LogP) is 3.55. The van der Waals surface area contributed by atoms with E-state index in [1.54, 1.807) is 36.8 Å². The zero-order chi connectivity index (χ0) is 20.4. The average molecular weight is 410 g/mol. The fourth-order valence-corrected chi connectivity index (χ4v) is 4.93. The number of imidazole rings is 1. The minimum absolute atomic E-state index is 0.148. The molecule has 1 aromatic heterocycles. The van der Waals surface area contributed by atoms with Crippen molar-refractivity contribution in [3.63, 3.8) is 0 Å². The summed E-state index contributed by atoms with van der Waals surface area (Å²) >= 11 is 0. The zero-order valence-corrected chi connectivity index (χ0v) is 17.0. The van der Waals surface area contributed by atoms with Gasteiger partial charge in [0, 0.05) is 23.3 Å². The molecule has 1 amide bonds. The lowest BCUT2D eigenvalue weighted by atomic mass is 10.1. The molecule has 1 aliphatic rings. The van der Waals surface area contributed by atoms with Crippen molar-refractivity contribution in [2.45, 2.75) is 31.1 Å². The molecule has 1 N–H and O–H groups in total. The molecule has 29 heavy (non-hydrogen) atoms. The second kappa shape index (κ2) is 7.83. The molecule has 0 spiro atoms. The van der Waals surface area contributed by atoms with Gasteiger partial charge in [-0.25, -0.2) is 13.4 Å². The molecule has 1 saturated carbocycles. The van der Waals surface area contributed by atoms with Gasteiger partial charge in [0.25, 0.3) is 0 Å². The molecule has 0 atom stereocenters. The number of carbonyl (C=O) groups is 1. The molecule has 2 aromatic carbocycles. The van der Waals surface area contributed by atoms with Crippen LogP contribution in [0.5, 0.6) is 0 Å². The molecule has 0 bridgehead atoms. The van der Waals surface area contributed by atoms with Gasteiger partial charge in [0.2, 0.25) is 5.91 Å². The lowest BCUT2D eigenvalue weighted by molar-refractivity contribution is -0.115. The van der Waals surface area contributed by atoms with Gasteiger partial charge in [0.15, 0.2) is 9.84 Å². The number of sulfone groups is 1. The summed E-state index contributed by atoms with van der Waals surface area (Å²) in [7, 11) is -3.22. The number of carbonyl (C=O) groups excluding carboxylic acids is 1. The van der Waals surface area contributed by atoms with Crippen molar-refractivity contribution >= 4 is 21.4 Å². The predicted molar refractivity (Wildman–Crippen MR) is 112 cm³/mol. The number of benzene rings is 2. The van der Waals surface area contributed by atoms with Gasteiger partial charge in [0.05, 0.1) is 23.4 Å². The van der Waals surface area contributed by atoms with Gasteiger partial charge in [-0.05, 0) is 67.6 Å². The number of hydrogen-bond donors (Lipinski definition) is 1. The van der Waals surface area contributed by atoms with Crippen molar-refractivity contribution in [1.82, 2.24) is 9.55 Å². The number of anilines is 1. The normalized spacial score (nSPS) is 14.0. The molecular weight excluding hydrogens is 386 g/mol. The van der Waals surface area contributed by atoms with Gasteiger partial charge in [-0.3, -0.25) is 4.79 Å². The smallest absolute Gasteiger partial charge is 0.228 e. The Morgan fingerprint density at radius 1 is 1.10 bits per heavy atom. The largest absolute Gasteiger partial charge is 0.326 e. The molecule has 0 aliphatic heterocycles. The fraction of sp³-hybridized carbons (Fsp3) is 0.273. The van der Waals surface area contributed by atoms with Gasteiger partial charge in [-0.15, -0.1) is 0 Å². The Labute approximate surface area is 170 Å². The number of aromatic nitrogens is 2. The van der Waals surface area contributed by atoms with Gasteiger partial charge >= 0.3 is 0 Å². The van der Waals surface area contributed by atoms with E-state index in [4.69, 9.17) is 0 Å². The number of amides is 1. The monoisotopic (exact) mass is 409 g/mol. The van der Waals surface area contributed by atoms with Crippen LogP contribution in [-0.4, -0.2) is 29.6 Å². The number of nitrogens with one attached hydrogen (secondary N) is 1. The summed E-state index contributed by atoms with van der Waals surface area (Å²) in [6.07, 6.45) is 5.72. The summed E-state index contributed by atoms with van der Waals surface area (Å²) in [6, 6.07) is 14.2. The molecule has 7 heteroatoms. The van der Waals surface area contributed by atoms with E-state index < -0.39 is 9.84 Å². The first kappa shape index (κ1) is 19.4. The Morgan fingerprint density at radius 2 is 1.79 bits per heavy atom. The molecule has 150 valence electrons. The van der Waals surface area contributed by atoms with E-state index in [2.05, 4.69) is 10.3 Å². The Kier molecular flexibility index (Phi) is 5.24. The molecule has 0 unspecified atom stereocenters. The number of rotatable bonds is 7. The fourth-order valence-electron chi connectivity index (χ4n) is 3.23. The number of hydrogen-bond acceptors (Lipinski definition) is 4. The third-order valence-electron chi connectivity index (χ3n) is 5.05. The quantitative estimate of drug-likeness (QED) is 0.647. The molecular formula is C22H23N3O3S. The minimum atomic E-state index is -3.22. The highest BCUT2D eigenvalue weighted by Gasteiger charge is 2.28. The molecule has 3 aromatic rings. The maximum atomic E-state index is 12.3. The van der Waals surface area contributed by atoms with Crippen LogP contribution in [0.15, 0.2) is 66.0 Å². The molecule has 0 radical (unpaired) electrons. The molecule has 1 aliphatic carbocycles. The van der Waals surface area contributed by atoms with E-state index in [1.807, 2.05) is 35.8 Å². The number of aryl methyl sites for hydroxylation is 1. The molecule has 4 rings (SSSR count). The van der Waals surface area contributed by atoms with Crippen molar-refractivity contribution in [3.05, 3.63) is 72.3 Å². The van der Waals surface area contributed by atoms with Gasteiger partial charge in [-0.1, -0.05) is 12.1 Å². The van der Waals surface area contributed by atoms with Crippen molar-refractivity contribution in [1.29, 1.82) is 0 Å². The van der Waals surface area contributed by atoms with Gasteiger partial charge < -0.3 is 9.88 Å². The van der Waals surface area contributed by atoms with Crippen molar-refractivity contribution in [3.8, 4) is 5.69 Å². The third kappa shape index (κ3) is 4.74. The van der Waals surface area contributed by atoms with Crippen molar-refractivity contribution in [2.24, 2.45) is 5.92 Å². The van der Waals surface area contributed by atoms with E-state index in [0.29, 0.717) is 16.5 Å². The number of nitrogens with zero attached hydrogens (tertiary/aromatic N) is 2. The Balaban J connectivity index is 1.36. The zero-order valence-electron chi connectivity index (χ0n) is 16.2. The summed E-state index contributed by atoms with van der Waals surface area (Å²) in [5.74, 6) is 0.390. The van der Waals surface area contributed by atoms with Crippen LogP contribution in [0.1, 0.15) is 24.1 Å². The van der Waals surface area contributed by atoms with Crippen LogP contribution in [0, 0.1) is 12.8 Å². The van der Waals surface area contributed by atoms with Crippen LogP contribution in [0.3, 0.4) is 0 Å². The first-order valence-electron chi connectivity index (χ1n) is 9.62. The van der Waals surface area contributed by atoms with Crippen LogP contribution in [0.2, 0.25) is 0 Å². The Hall–Kier alpha value is -2.93. The first-order valence-corrected chi connectivity index (χ1v) is 11.3. The summed E-state index contributed by atoms with van der Waals surface area (Å²) in [4.78, 5) is 16.8. The lowest BCUT2D eigenvalue weighted by Crippen LogP contribution is -2.14. The maximum Gasteiger partial charge on any atom is 0.228 e. The highest BCUT2D eigenvalue weighted by molar-refractivity contribution is 7.91. The van der Waals surface area contributed by atoms with Crippen LogP contribution in [0.25, 0.3) is 5.69 Å². The van der Waals surface area contributed by atoms with Gasteiger partial charge in [-0.2, -0.15) is 0 Å². The van der Waals surface area contributed by atoms with E-state index >= 15 is 0 Å². The standard InChI is InChI=1S/C22H23N3O3S/c1-16-13-23-15-25(16)20-8-6-19(7-9-20)24-22(26)12-17-4-10-21(11-5-17)29(27,28)14-18-2-3-18/h4-11,13,15,18H,2-3,12,14H2,1H3,(H,24,26). The van der Waals surface area contributed by atoms with Crippen LogP contribution in [-0.2, 0) is 21.1 Å². The maximum absolute atomic E-state index is 12.3. The summed E-state index contributed by atoms with van der Waals surface area (Å²) < 4.78 is 26.6.